The summed E-state index contributed by atoms with van der Waals surface area (Å²) in [6.45, 7) is 6.75. The normalized spacial score (nSPS) is 15.2. The summed E-state index contributed by atoms with van der Waals surface area (Å²) in [5.74, 6) is -1.88. The Bertz CT molecular complexity index is 455. The van der Waals surface area contributed by atoms with Gasteiger partial charge in [0.05, 0.1) is 0 Å². The smallest absolute Gasteiger partial charge is 0.329 e. The maximum atomic E-state index is 12.0. The highest BCUT2D eigenvalue weighted by atomic mass is 16.4. The Balaban J connectivity index is 2.96. The number of rotatable bonds is 5. The van der Waals surface area contributed by atoms with Gasteiger partial charge in [0.15, 0.2) is 0 Å². The summed E-state index contributed by atoms with van der Waals surface area (Å²) in [5, 5.41) is 11.8. The van der Waals surface area contributed by atoms with Gasteiger partial charge >= 0.3 is 5.97 Å². The molecule has 1 aromatic rings. The van der Waals surface area contributed by atoms with E-state index in [1.807, 2.05) is 0 Å². The molecule has 0 aliphatic heterocycles. The minimum absolute atomic E-state index is 0.386. The van der Waals surface area contributed by atoms with Crippen LogP contribution in [0.4, 0.5) is 0 Å². The van der Waals surface area contributed by atoms with Crippen LogP contribution in [0.1, 0.15) is 24.2 Å². The second-order valence-corrected chi connectivity index (χ2v) is 4.35. The maximum Gasteiger partial charge on any atom is 0.329 e. The van der Waals surface area contributed by atoms with E-state index in [-0.39, 0.29) is 5.92 Å². The van der Waals surface area contributed by atoms with Crippen LogP contribution in [0, 0.1) is 5.92 Å². The van der Waals surface area contributed by atoms with Gasteiger partial charge in [-0.05, 0) is 19.1 Å². The molecule has 2 unspecified atom stereocenters. The van der Waals surface area contributed by atoms with Crippen LogP contribution in [0.25, 0.3) is 0 Å². The number of hydrogen-bond donors (Lipinski definition) is 2. The first-order chi connectivity index (χ1) is 8.41. The van der Waals surface area contributed by atoms with Crippen LogP contribution in [-0.4, -0.2) is 22.5 Å². The standard InChI is InChI=1S/C14H17NO3/c1-4-10(2)14(3,13(17)18)15-12(16)11-8-6-5-7-9-11/h4-10H,1H2,2-3H3,(H,15,16)(H,17,18). The number of hydrogen-bond acceptors (Lipinski definition) is 2. The average Bonchev–Trinajstić information content (AvgIpc) is 2.38. The lowest BCUT2D eigenvalue weighted by atomic mass is 9.86. The Morgan fingerprint density at radius 3 is 2.39 bits per heavy atom. The van der Waals surface area contributed by atoms with Gasteiger partial charge in [-0.1, -0.05) is 31.2 Å². The molecule has 18 heavy (non-hydrogen) atoms. The van der Waals surface area contributed by atoms with Gasteiger partial charge in [-0.25, -0.2) is 4.79 Å². The number of carboxylic acids is 1. The third kappa shape index (κ3) is 2.77. The molecule has 1 amide bonds. The summed E-state index contributed by atoms with van der Waals surface area (Å²) in [6.07, 6.45) is 1.51. The van der Waals surface area contributed by atoms with Crippen molar-refractivity contribution in [3.63, 3.8) is 0 Å². The van der Waals surface area contributed by atoms with Crippen LogP contribution in [0.2, 0.25) is 0 Å². The number of amides is 1. The summed E-state index contributed by atoms with van der Waals surface area (Å²) in [5.41, 5.74) is -0.935. The fourth-order valence-electron chi connectivity index (χ4n) is 1.50. The second kappa shape index (κ2) is 5.49. The fourth-order valence-corrected chi connectivity index (χ4v) is 1.50. The predicted octanol–water partition coefficient (Wildman–Crippen LogP) is 2.08. The molecule has 0 spiro atoms. The van der Waals surface area contributed by atoms with Crippen molar-refractivity contribution >= 4 is 11.9 Å². The Morgan fingerprint density at radius 1 is 1.39 bits per heavy atom. The highest BCUT2D eigenvalue weighted by Gasteiger charge is 2.39. The molecule has 0 saturated carbocycles. The molecular formula is C14H17NO3. The third-order valence-corrected chi connectivity index (χ3v) is 3.12. The van der Waals surface area contributed by atoms with Crippen LogP contribution in [0.5, 0.6) is 0 Å². The average molecular weight is 247 g/mol. The van der Waals surface area contributed by atoms with Gasteiger partial charge in [0.25, 0.3) is 5.91 Å². The third-order valence-electron chi connectivity index (χ3n) is 3.12. The molecule has 0 aromatic heterocycles. The van der Waals surface area contributed by atoms with Crippen molar-refractivity contribution in [2.24, 2.45) is 5.92 Å². The predicted molar refractivity (Wildman–Crippen MR) is 69.3 cm³/mol. The lowest BCUT2D eigenvalue weighted by molar-refractivity contribution is -0.145. The van der Waals surface area contributed by atoms with Gasteiger partial charge in [-0.2, -0.15) is 0 Å². The molecule has 0 aliphatic rings. The molecule has 2 atom stereocenters. The summed E-state index contributed by atoms with van der Waals surface area (Å²) in [4.78, 5) is 23.3. The van der Waals surface area contributed by atoms with Crippen LogP contribution < -0.4 is 5.32 Å². The fraction of sp³-hybridized carbons (Fsp3) is 0.286. The van der Waals surface area contributed by atoms with Gasteiger partial charge in [0, 0.05) is 11.5 Å². The Labute approximate surface area is 106 Å². The van der Waals surface area contributed by atoms with Crippen molar-refractivity contribution in [2.75, 3.05) is 0 Å². The van der Waals surface area contributed by atoms with Crippen molar-refractivity contribution < 1.29 is 14.7 Å². The highest BCUT2D eigenvalue weighted by Crippen LogP contribution is 2.19. The number of nitrogens with one attached hydrogen (secondary N) is 1. The molecule has 0 fully saturated rings. The number of aliphatic carboxylic acids is 1. The number of carbonyl (C=O) groups is 2. The molecule has 1 rings (SSSR count). The summed E-state index contributed by atoms with van der Waals surface area (Å²) >= 11 is 0. The zero-order chi connectivity index (χ0) is 13.8. The largest absolute Gasteiger partial charge is 0.479 e. The molecule has 0 heterocycles. The molecule has 0 bridgehead atoms. The summed E-state index contributed by atoms with van der Waals surface area (Å²) in [7, 11) is 0. The lowest BCUT2D eigenvalue weighted by Gasteiger charge is -2.30. The van der Waals surface area contributed by atoms with Crippen molar-refractivity contribution in [2.45, 2.75) is 19.4 Å². The summed E-state index contributed by atoms with van der Waals surface area (Å²) < 4.78 is 0. The lowest BCUT2D eigenvalue weighted by Crippen LogP contribution is -2.56. The molecule has 4 heteroatoms. The van der Waals surface area contributed by atoms with Crippen molar-refractivity contribution in [1.82, 2.24) is 5.32 Å². The molecule has 1 aromatic carbocycles. The zero-order valence-electron chi connectivity index (χ0n) is 10.5. The molecule has 0 radical (unpaired) electrons. The quantitative estimate of drug-likeness (QED) is 0.783. The molecule has 0 aliphatic carbocycles. The van der Waals surface area contributed by atoms with Gasteiger partial charge < -0.3 is 10.4 Å². The van der Waals surface area contributed by atoms with Gasteiger partial charge in [0.1, 0.15) is 5.54 Å². The summed E-state index contributed by atoms with van der Waals surface area (Å²) in [6, 6.07) is 8.51. The Hall–Kier alpha value is -2.10. The first-order valence-corrected chi connectivity index (χ1v) is 5.65. The van der Waals surface area contributed by atoms with E-state index < -0.39 is 17.4 Å². The van der Waals surface area contributed by atoms with Crippen LogP contribution in [-0.2, 0) is 4.79 Å². The maximum absolute atomic E-state index is 12.0. The van der Waals surface area contributed by atoms with E-state index in [0.717, 1.165) is 0 Å². The SMILES string of the molecule is C=CC(C)C(C)(NC(=O)c1ccccc1)C(=O)O. The van der Waals surface area contributed by atoms with Gasteiger partial charge in [-0.15, -0.1) is 6.58 Å². The molecule has 0 saturated heterocycles. The van der Waals surface area contributed by atoms with E-state index in [1.54, 1.807) is 37.3 Å². The highest BCUT2D eigenvalue weighted by molar-refractivity contribution is 5.97. The van der Waals surface area contributed by atoms with E-state index in [4.69, 9.17) is 0 Å². The van der Waals surface area contributed by atoms with Gasteiger partial charge in [0.2, 0.25) is 0 Å². The van der Waals surface area contributed by atoms with Crippen molar-refractivity contribution in [3.05, 3.63) is 48.6 Å². The van der Waals surface area contributed by atoms with Crippen LogP contribution >= 0.6 is 0 Å². The van der Waals surface area contributed by atoms with Gasteiger partial charge in [-0.3, -0.25) is 4.79 Å². The number of benzene rings is 1. The Morgan fingerprint density at radius 2 is 1.94 bits per heavy atom. The van der Waals surface area contributed by atoms with Crippen LogP contribution in [0.3, 0.4) is 0 Å². The van der Waals surface area contributed by atoms with E-state index >= 15 is 0 Å². The molecule has 2 N–H and O–H groups in total. The van der Waals surface area contributed by atoms with E-state index in [9.17, 15) is 14.7 Å². The minimum Gasteiger partial charge on any atom is -0.479 e. The second-order valence-electron chi connectivity index (χ2n) is 4.35. The topological polar surface area (TPSA) is 66.4 Å². The van der Waals surface area contributed by atoms with Crippen molar-refractivity contribution in [1.29, 1.82) is 0 Å². The zero-order valence-corrected chi connectivity index (χ0v) is 10.5. The van der Waals surface area contributed by atoms with Crippen molar-refractivity contribution in [3.8, 4) is 0 Å². The molecule has 4 nitrogen and oxygen atoms in total. The monoisotopic (exact) mass is 247 g/mol. The van der Waals surface area contributed by atoms with Crippen LogP contribution in [0.15, 0.2) is 43.0 Å². The first-order valence-electron chi connectivity index (χ1n) is 5.65. The van der Waals surface area contributed by atoms with E-state index in [0.29, 0.717) is 5.56 Å². The number of carbonyl (C=O) groups excluding carboxylic acids is 1. The van der Waals surface area contributed by atoms with E-state index in [2.05, 4.69) is 11.9 Å². The molecule has 96 valence electrons. The Kier molecular flexibility index (Phi) is 4.26. The number of carboxylic acid groups (broad SMARTS) is 1. The minimum atomic E-state index is -1.37. The first kappa shape index (κ1) is 14.0. The van der Waals surface area contributed by atoms with E-state index in [1.165, 1.54) is 13.0 Å². The molecular weight excluding hydrogens is 230 g/mol.